The second kappa shape index (κ2) is 8.08. The molecule has 0 radical (unpaired) electrons. The molecule has 0 spiro atoms. The van der Waals surface area contributed by atoms with E-state index in [-0.39, 0.29) is 35.6 Å². The molecule has 156 valence electrons. The Hall–Kier alpha value is -2.52. The van der Waals surface area contributed by atoms with Crippen molar-refractivity contribution < 1.29 is 18.0 Å². The molecule has 0 unspecified atom stereocenters. The average Bonchev–Trinajstić information content (AvgIpc) is 2.97. The summed E-state index contributed by atoms with van der Waals surface area (Å²) < 4.78 is 29.7. The Morgan fingerprint density at radius 3 is 2.62 bits per heavy atom. The third kappa shape index (κ3) is 4.11. The van der Waals surface area contributed by atoms with E-state index in [4.69, 9.17) is 0 Å². The maximum absolute atomic E-state index is 12.9. The first kappa shape index (κ1) is 21.2. The summed E-state index contributed by atoms with van der Waals surface area (Å²) >= 11 is 0. The summed E-state index contributed by atoms with van der Waals surface area (Å²) in [5.74, 6) is -0.228. The number of nitrogens with one attached hydrogen (secondary N) is 2. The number of sulfonamides is 1. The van der Waals surface area contributed by atoms with Crippen molar-refractivity contribution >= 4 is 27.7 Å². The standard InChI is InChI=1S/C20H26N4O4S/c1-5-13(4)23-29(27,28)16-11-14(8-7-12(16)3)19-15(6-2)22-24-18(26)10-9-17(25)21-20(19)24/h7-8,11,13,23H,5-6,9-10H2,1-4H3,(H,21,25)/t13-/m0/s1. The molecular weight excluding hydrogens is 392 g/mol. The maximum Gasteiger partial charge on any atom is 0.249 e. The van der Waals surface area contributed by atoms with E-state index in [1.807, 2.05) is 20.8 Å². The van der Waals surface area contributed by atoms with Gasteiger partial charge >= 0.3 is 0 Å². The van der Waals surface area contributed by atoms with Crippen molar-refractivity contribution in [3.63, 3.8) is 0 Å². The summed E-state index contributed by atoms with van der Waals surface area (Å²) in [5, 5.41) is 7.15. The van der Waals surface area contributed by atoms with Gasteiger partial charge in [-0.05, 0) is 43.9 Å². The predicted octanol–water partition coefficient (Wildman–Crippen LogP) is 2.87. The van der Waals surface area contributed by atoms with Crippen LogP contribution in [0.3, 0.4) is 0 Å². The lowest BCUT2D eigenvalue weighted by atomic mass is 10.0. The van der Waals surface area contributed by atoms with E-state index in [9.17, 15) is 18.0 Å². The van der Waals surface area contributed by atoms with Gasteiger partial charge in [-0.1, -0.05) is 26.0 Å². The van der Waals surface area contributed by atoms with Gasteiger partial charge in [0, 0.05) is 24.4 Å². The zero-order chi connectivity index (χ0) is 21.3. The van der Waals surface area contributed by atoms with Crippen LogP contribution in [0, 0.1) is 6.92 Å². The van der Waals surface area contributed by atoms with Crippen LogP contribution in [-0.2, 0) is 21.2 Å². The highest BCUT2D eigenvalue weighted by molar-refractivity contribution is 7.89. The number of nitrogens with zero attached hydrogens (tertiary/aromatic N) is 2. The number of rotatable bonds is 6. The van der Waals surface area contributed by atoms with E-state index < -0.39 is 10.0 Å². The fourth-order valence-electron chi connectivity index (χ4n) is 3.29. The summed E-state index contributed by atoms with van der Waals surface area (Å²) in [4.78, 5) is 24.7. The monoisotopic (exact) mass is 418 g/mol. The molecule has 2 aromatic rings. The van der Waals surface area contributed by atoms with Crippen LogP contribution in [0.25, 0.3) is 11.1 Å². The molecule has 8 nitrogen and oxygen atoms in total. The van der Waals surface area contributed by atoms with Crippen LogP contribution in [0.4, 0.5) is 5.82 Å². The number of amides is 1. The van der Waals surface area contributed by atoms with Crippen molar-refractivity contribution in [3.05, 3.63) is 29.5 Å². The molecule has 2 N–H and O–H groups in total. The Balaban J connectivity index is 2.18. The van der Waals surface area contributed by atoms with Gasteiger partial charge in [-0.15, -0.1) is 0 Å². The minimum absolute atomic E-state index is 0.0788. The highest BCUT2D eigenvalue weighted by Crippen LogP contribution is 2.35. The van der Waals surface area contributed by atoms with Gasteiger partial charge in [0.1, 0.15) is 5.82 Å². The molecule has 29 heavy (non-hydrogen) atoms. The Bertz CT molecular complexity index is 1070. The Kier molecular flexibility index (Phi) is 5.90. The molecule has 1 aromatic carbocycles. The minimum atomic E-state index is -3.72. The number of hydrogen-bond donors (Lipinski definition) is 2. The third-order valence-corrected chi connectivity index (χ3v) is 6.82. The Morgan fingerprint density at radius 2 is 1.97 bits per heavy atom. The maximum atomic E-state index is 12.9. The fourth-order valence-corrected chi connectivity index (χ4v) is 4.89. The number of aromatic nitrogens is 2. The number of fused-ring (bicyclic) bond motifs is 1. The van der Waals surface area contributed by atoms with Gasteiger partial charge < -0.3 is 5.32 Å². The third-order valence-electron chi connectivity index (χ3n) is 5.09. The quantitative estimate of drug-likeness (QED) is 0.749. The van der Waals surface area contributed by atoms with E-state index in [0.29, 0.717) is 41.0 Å². The van der Waals surface area contributed by atoms with Crippen LogP contribution in [0.5, 0.6) is 0 Å². The zero-order valence-corrected chi connectivity index (χ0v) is 17.9. The molecule has 1 aliphatic rings. The highest BCUT2D eigenvalue weighted by Gasteiger charge is 2.28. The van der Waals surface area contributed by atoms with Crippen molar-refractivity contribution in [2.75, 3.05) is 5.32 Å². The largest absolute Gasteiger partial charge is 0.310 e. The van der Waals surface area contributed by atoms with E-state index in [1.165, 1.54) is 4.68 Å². The van der Waals surface area contributed by atoms with Crippen molar-refractivity contribution in [2.45, 2.75) is 64.3 Å². The molecule has 3 rings (SSSR count). The predicted molar refractivity (Wildman–Crippen MR) is 110 cm³/mol. The van der Waals surface area contributed by atoms with E-state index in [2.05, 4.69) is 15.1 Å². The van der Waals surface area contributed by atoms with Gasteiger partial charge in [0.15, 0.2) is 0 Å². The summed E-state index contributed by atoms with van der Waals surface area (Å²) in [6.45, 7) is 7.35. The Morgan fingerprint density at radius 1 is 1.24 bits per heavy atom. The van der Waals surface area contributed by atoms with Gasteiger partial charge in [-0.2, -0.15) is 9.78 Å². The van der Waals surface area contributed by atoms with Gasteiger partial charge in [0.05, 0.1) is 10.6 Å². The van der Waals surface area contributed by atoms with Gasteiger partial charge in [-0.25, -0.2) is 13.1 Å². The van der Waals surface area contributed by atoms with Crippen molar-refractivity contribution in [1.29, 1.82) is 0 Å². The molecule has 1 aliphatic heterocycles. The average molecular weight is 419 g/mol. The lowest BCUT2D eigenvalue weighted by molar-refractivity contribution is -0.116. The fraction of sp³-hybridized carbons (Fsp3) is 0.450. The number of hydrogen-bond acceptors (Lipinski definition) is 5. The van der Waals surface area contributed by atoms with E-state index in [0.717, 1.165) is 0 Å². The summed E-state index contributed by atoms with van der Waals surface area (Å²) in [6, 6.07) is 4.90. The first-order valence-electron chi connectivity index (χ1n) is 9.76. The number of carbonyl (C=O) groups excluding carboxylic acids is 2. The van der Waals surface area contributed by atoms with Gasteiger partial charge in [0.25, 0.3) is 0 Å². The second-order valence-corrected chi connectivity index (χ2v) is 8.97. The second-order valence-electron chi connectivity index (χ2n) is 7.29. The first-order valence-corrected chi connectivity index (χ1v) is 11.2. The van der Waals surface area contributed by atoms with Crippen LogP contribution in [0.1, 0.15) is 56.1 Å². The summed E-state index contributed by atoms with van der Waals surface area (Å²) in [7, 11) is -3.72. The lowest BCUT2D eigenvalue weighted by Crippen LogP contribution is -2.32. The van der Waals surface area contributed by atoms with Crippen LogP contribution >= 0.6 is 0 Å². The molecule has 0 fully saturated rings. The molecule has 2 heterocycles. The van der Waals surface area contributed by atoms with Gasteiger partial charge in [0.2, 0.25) is 21.8 Å². The van der Waals surface area contributed by atoms with Crippen molar-refractivity contribution in [2.24, 2.45) is 0 Å². The molecule has 0 aliphatic carbocycles. The lowest BCUT2D eigenvalue weighted by Gasteiger charge is -2.15. The van der Waals surface area contributed by atoms with Crippen LogP contribution in [0.2, 0.25) is 0 Å². The number of benzene rings is 1. The minimum Gasteiger partial charge on any atom is -0.310 e. The molecular formula is C20H26N4O4S. The number of aryl methyl sites for hydroxylation is 2. The SMILES string of the molecule is CCc1nn2c(c1-c1ccc(C)c(S(=O)(=O)N[C@@H](C)CC)c1)NC(=O)CCC2=O. The zero-order valence-electron chi connectivity index (χ0n) is 17.1. The van der Waals surface area contributed by atoms with Crippen LogP contribution in [0.15, 0.2) is 23.1 Å². The molecule has 1 aromatic heterocycles. The molecule has 0 bridgehead atoms. The summed E-state index contributed by atoms with van der Waals surface area (Å²) in [6.07, 6.45) is 1.37. The van der Waals surface area contributed by atoms with Crippen LogP contribution in [-0.4, -0.2) is 36.1 Å². The van der Waals surface area contributed by atoms with Crippen molar-refractivity contribution in [1.82, 2.24) is 14.5 Å². The van der Waals surface area contributed by atoms with Gasteiger partial charge in [-0.3, -0.25) is 9.59 Å². The molecule has 9 heteroatoms. The number of carbonyl (C=O) groups is 2. The molecule has 1 amide bonds. The van der Waals surface area contributed by atoms with Crippen molar-refractivity contribution in [3.8, 4) is 11.1 Å². The van der Waals surface area contributed by atoms with E-state index >= 15 is 0 Å². The topological polar surface area (TPSA) is 110 Å². The first-order chi connectivity index (χ1) is 13.7. The smallest absolute Gasteiger partial charge is 0.249 e. The van der Waals surface area contributed by atoms with E-state index in [1.54, 1.807) is 25.1 Å². The highest BCUT2D eigenvalue weighted by atomic mass is 32.2. The van der Waals surface area contributed by atoms with Crippen LogP contribution < -0.4 is 10.0 Å². The molecule has 0 saturated carbocycles. The molecule has 1 atom stereocenters. The normalized spacial score (nSPS) is 15.6. The number of anilines is 1. The Labute approximate surface area is 170 Å². The summed E-state index contributed by atoms with van der Waals surface area (Å²) in [5.41, 5.74) is 2.41. The molecule has 0 saturated heterocycles.